The molecule has 1 fully saturated rings. The predicted octanol–water partition coefficient (Wildman–Crippen LogP) is 4.07. The molecule has 9 heteroatoms. The van der Waals surface area contributed by atoms with E-state index in [1.165, 1.54) is 12.1 Å². The number of nitrogens with two attached hydrogens (primary N) is 1. The Labute approximate surface area is 163 Å². The van der Waals surface area contributed by atoms with Crippen LogP contribution in [-0.4, -0.2) is 22.1 Å². The van der Waals surface area contributed by atoms with Crippen molar-refractivity contribution in [2.75, 3.05) is 5.73 Å². The van der Waals surface area contributed by atoms with Crippen LogP contribution in [0.15, 0.2) is 42.7 Å². The van der Waals surface area contributed by atoms with Crippen LogP contribution >= 0.6 is 0 Å². The van der Waals surface area contributed by atoms with Crippen LogP contribution in [0.1, 0.15) is 24.1 Å². The Morgan fingerprint density at radius 3 is 2.59 bits per heavy atom. The number of nitrogens with one attached hydrogen (secondary N) is 1. The summed E-state index contributed by atoms with van der Waals surface area (Å²) in [6, 6.07) is 7.00. The molecule has 0 atom stereocenters. The first-order valence-corrected chi connectivity index (χ1v) is 9.05. The molecule has 0 aliphatic heterocycles. The van der Waals surface area contributed by atoms with Crippen molar-refractivity contribution in [1.29, 1.82) is 0 Å². The summed E-state index contributed by atoms with van der Waals surface area (Å²) < 4.78 is 57.5. The average Bonchev–Trinajstić information content (AvgIpc) is 2.64. The van der Waals surface area contributed by atoms with Crippen molar-refractivity contribution in [1.82, 2.24) is 15.3 Å². The fourth-order valence-electron chi connectivity index (χ4n) is 3.33. The van der Waals surface area contributed by atoms with Crippen molar-refractivity contribution < 1.29 is 22.3 Å². The molecule has 1 aliphatic carbocycles. The third-order valence-electron chi connectivity index (χ3n) is 4.97. The average molecular weight is 406 g/mol. The first-order chi connectivity index (χ1) is 13.8. The second-order valence-corrected chi connectivity index (χ2v) is 7.02. The van der Waals surface area contributed by atoms with Gasteiger partial charge in [0.05, 0.1) is 6.20 Å². The molecule has 1 saturated carbocycles. The molecule has 0 saturated heterocycles. The summed E-state index contributed by atoms with van der Waals surface area (Å²) >= 11 is 0. The molecule has 5 nitrogen and oxygen atoms in total. The number of aromatic nitrogens is 2. The lowest BCUT2D eigenvalue weighted by Crippen LogP contribution is -2.46. The summed E-state index contributed by atoms with van der Waals surface area (Å²) in [6.07, 6.45) is -0.578. The minimum atomic E-state index is -4.47. The highest BCUT2D eigenvalue weighted by Gasteiger charge is 2.33. The number of fused-ring (bicyclic) bond motifs is 1. The van der Waals surface area contributed by atoms with Crippen LogP contribution in [0.2, 0.25) is 0 Å². The topological polar surface area (TPSA) is 73.1 Å². The van der Waals surface area contributed by atoms with Gasteiger partial charge >= 0.3 is 6.18 Å². The van der Waals surface area contributed by atoms with E-state index in [1.807, 2.05) is 0 Å². The van der Waals surface area contributed by atoms with Gasteiger partial charge in [0.2, 0.25) is 0 Å². The zero-order valence-electron chi connectivity index (χ0n) is 15.2. The molecule has 3 N–H and O–H groups in total. The minimum absolute atomic E-state index is 0.122. The van der Waals surface area contributed by atoms with Gasteiger partial charge < -0.3 is 15.8 Å². The number of nitrogens with zero attached hydrogens (tertiary/aromatic N) is 2. The monoisotopic (exact) mass is 406 g/mol. The van der Waals surface area contributed by atoms with Gasteiger partial charge in [0.1, 0.15) is 29.2 Å². The zero-order valence-corrected chi connectivity index (χ0v) is 15.2. The summed E-state index contributed by atoms with van der Waals surface area (Å²) in [5, 5.41) is 4.81. The van der Waals surface area contributed by atoms with E-state index in [2.05, 4.69) is 15.3 Å². The van der Waals surface area contributed by atoms with Crippen molar-refractivity contribution in [2.24, 2.45) is 0 Å². The van der Waals surface area contributed by atoms with Crippen molar-refractivity contribution >= 4 is 16.6 Å². The second kappa shape index (κ2) is 7.47. The Hall–Kier alpha value is -2.94. The molecular formula is C20H18F4N4O. The smallest absolute Gasteiger partial charge is 0.433 e. The Balaban J connectivity index is 1.32. The van der Waals surface area contributed by atoms with Crippen LogP contribution in [0.5, 0.6) is 5.75 Å². The summed E-state index contributed by atoms with van der Waals surface area (Å²) in [5.41, 5.74) is 5.29. The van der Waals surface area contributed by atoms with Gasteiger partial charge in [-0.3, -0.25) is 0 Å². The van der Waals surface area contributed by atoms with Gasteiger partial charge in [-0.2, -0.15) is 13.2 Å². The molecule has 0 unspecified atom stereocenters. The molecule has 0 radical (unpaired) electrons. The van der Waals surface area contributed by atoms with Gasteiger partial charge in [-0.25, -0.2) is 14.4 Å². The van der Waals surface area contributed by atoms with Crippen LogP contribution < -0.4 is 15.8 Å². The van der Waals surface area contributed by atoms with Gasteiger partial charge in [0.25, 0.3) is 0 Å². The summed E-state index contributed by atoms with van der Waals surface area (Å²) in [7, 11) is 0. The SMILES string of the molecule is Nc1cc2c(CNC3CC(Oc4ccc(C(F)(F)F)nc4)C3)c(F)ccc2cn1. The van der Waals surface area contributed by atoms with Gasteiger partial charge in [0, 0.05) is 29.7 Å². The van der Waals surface area contributed by atoms with E-state index >= 15 is 0 Å². The van der Waals surface area contributed by atoms with E-state index in [4.69, 9.17) is 10.5 Å². The summed E-state index contributed by atoms with van der Waals surface area (Å²) in [6.45, 7) is 0.325. The maximum absolute atomic E-state index is 14.3. The number of hydrogen-bond donors (Lipinski definition) is 2. The van der Waals surface area contributed by atoms with Crippen molar-refractivity contribution in [3.63, 3.8) is 0 Å². The molecule has 2 heterocycles. The van der Waals surface area contributed by atoms with Gasteiger partial charge in [-0.15, -0.1) is 0 Å². The fraction of sp³-hybridized carbons (Fsp3) is 0.300. The standard InChI is InChI=1S/C20H18F4N4O/c21-17-3-1-11-8-28-19(25)7-15(11)16(17)10-26-12-5-14(6-12)29-13-2-4-18(27-9-13)20(22,23)24/h1-4,7-9,12,14,26H,5-6,10H2,(H2,25,28). The summed E-state index contributed by atoms with van der Waals surface area (Å²) in [5.74, 6) is 0.301. The minimum Gasteiger partial charge on any atom is -0.489 e. The van der Waals surface area contributed by atoms with E-state index in [9.17, 15) is 17.6 Å². The molecular weight excluding hydrogens is 388 g/mol. The highest BCUT2D eigenvalue weighted by atomic mass is 19.4. The number of rotatable bonds is 5. The number of benzene rings is 1. The van der Waals surface area contributed by atoms with Crippen LogP contribution in [0.3, 0.4) is 0 Å². The summed E-state index contributed by atoms with van der Waals surface area (Å²) in [4.78, 5) is 7.40. The lowest BCUT2D eigenvalue weighted by Gasteiger charge is -2.36. The molecule has 0 bridgehead atoms. The van der Waals surface area contributed by atoms with Crippen LogP contribution in [-0.2, 0) is 12.7 Å². The van der Waals surface area contributed by atoms with Crippen LogP contribution in [0.25, 0.3) is 10.8 Å². The van der Waals surface area contributed by atoms with Crippen LogP contribution in [0, 0.1) is 5.82 Å². The van der Waals surface area contributed by atoms with E-state index in [0.717, 1.165) is 17.6 Å². The first kappa shape index (κ1) is 19.4. The number of nitrogen functional groups attached to an aromatic ring is 1. The normalized spacial score (nSPS) is 19.2. The highest BCUT2D eigenvalue weighted by Crippen LogP contribution is 2.30. The third kappa shape index (κ3) is 4.24. The van der Waals surface area contributed by atoms with Gasteiger partial charge in [-0.1, -0.05) is 0 Å². The van der Waals surface area contributed by atoms with E-state index in [-0.39, 0.29) is 18.0 Å². The quantitative estimate of drug-likeness (QED) is 0.625. The molecule has 29 heavy (non-hydrogen) atoms. The largest absolute Gasteiger partial charge is 0.489 e. The Kier molecular flexibility index (Phi) is 4.99. The lowest BCUT2D eigenvalue weighted by atomic mass is 9.89. The molecule has 3 aromatic rings. The number of hydrogen-bond acceptors (Lipinski definition) is 5. The van der Waals surface area contributed by atoms with Crippen LogP contribution in [0.4, 0.5) is 23.4 Å². The van der Waals surface area contributed by atoms with E-state index in [1.54, 1.807) is 18.3 Å². The number of halogens is 4. The van der Waals surface area contributed by atoms with Gasteiger partial charge in [0.15, 0.2) is 0 Å². The zero-order chi connectivity index (χ0) is 20.6. The van der Waals surface area contributed by atoms with E-state index < -0.39 is 11.9 Å². The highest BCUT2D eigenvalue weighted by molar-refractivity contribution is 5.87. The Morgan fingerprint density at radius 2 is 1.90 bits per heavy atom. The number of anilines is 1. The first-order valence-electron chi connectivity index (χ1n) is 9.05. The second-order valence-electron chi connectivity index (χ2n) is 7.02. The van der Waals surface area contributed by atoms with Gasteiger partial charge in [-0.05, 0) is 48.6 Å². The Morgan fingerprint density at radius 1 is 1.10 bits per heavy atom. The number of alkyl halides is 3. The molecule has 1 aliphatic rings. The fourth-order valence-corrected chi connectivity index (χ4v) is 3.33. The third-order valence-corrected chi connectivity index (χ3v) is 4.97. The molecule has 152 valence electrons. The number of pyridine rings is 2. The Bertz CT molecular complexity index is 1010. The maximum Gasteiger partial charge on any atom is 0.433 e. The van der Waals surface area contributed by atoms with Crippen molar-refractivity contribution in [3.8, 4) is 5.75 Å². The lowest BCUT2D eigenvalue weighted by molar-refractivity contribution is -0.141. The molecule has 0 amide bonds. The predicted molar refractivity (Wildman–Crippen MR) is 99.6 cm³/mol. The van der Waals surface area contributed by atoms with E-state index in [0.29, 0.717) is 41.9 Å². The van der Waals surface area contributed by atoms with Crippen molar-refractivity contribution in [3.05, 3.63) is 59.8 Å². The molecule has 2 aromatic heterocycles. The maximum atomic E-state index is 14.3. The molecule has 1 aromatic carbocycles. The number of ether oxygens (including phenoxy) is 1. The molecule has 0 spiro atoms. The van der Waals surface area contributed by atoms with Crippen molar-refractivity contribution in [2.45, 2.75) is 37.7 Å². The molecule has 4 rings (SSSR count).